The third kappa shape index (κ3) is 4.40. The van der Waals surface area contributed by atoms with Crippen LogP contribution in [0.25, 0.3) is 11.1 Å². The first-order valence-electron chi connectivity index (χ1n) is 8.47. The summed E-state index contributed by atoms with van der Waals surface area (Å²) in [5.74, 6) is -1.60. The Hall–Kier alpha value is -1.99. The van der Waals surface area contributed by atoms with E-state index in [4.69, 9.17) is 4.74 Å². The van der Waals surface area contributed by atoms with E-state index in [1.807, 2.05) is 0 Å². The monoisotopic (exact) mass is 381 g/mol. The standard InChI is InChI=1S/C19H21F2NO3S/c1-26(23,24)16-4-2-14(3-5-16)15-10-17(20)19(18(21)11-15)25-12-13-6-8-22-9-7-13/h2-5,10-11,13,22H,6-9,12H2,1H3. The molecule has 140 valence electrons. The molecule has 0 spiro atoms. The molecule has 7 heteroatoms. The van der Waals surface area contributed by atoms with Crippen molar-refractivity contribution in [2.45, 2.75) is 17.7 Å². The summed E-state index contributed by atoms with van der Waals surface area (Å²) in [6, 6.07) is 8.30. The molecular weight excluding hydrogens is 360 g/mol. The van der Waals surface area contributed by atoms with E-state index < -0.39 is 21.5 Å². The minimum absolute atomic E-state index is 0.157. The van der Waals surface area contributed by atoms with Crippen molar-refractivity contribution in [2.24, 2.45) is 5.92 Å². The zero-order valence-electron chi connectivity index (χ0n) is 14.5. The second kappa shape index (κ2) is 7.72. The van der Waals surface area contributed by atoms with Gasteiger partial charge in [-0.25, -0.2) is 17.2 Å². The first kappa shape index (κ1) is 18.8. The molecule has 1 fully saturated rings. The third-order valence-corrected chi connectivity index (χ3v) is 5.66. The lowest BCUT2D eigenvalue weighted by atomic mass is 9.99. The summed E-state index contributed by atoms with van der Waals surface area (Å²) in [5.41, 5.74) is 0.856. The molecule has 0 bridgehead atoms. The Labute approximate surface area is 152 Å². The first-order valence-corrected chi connectivity index (χ1v) is 10.4. The van der Waals surface area contributed by atoms with Crippen LogP contribution in [0.1, 0.15) is 12.8 Å². The van der Waals surface area contributed by atoms with Gasteiger partial charge < -0.3 is 10.1 Å². The first-order chi connectivity index (χ1) is 12.3. The normalized spacial score (nSPS) is 15.8. The van der Waals surface area contributed by atoms with Crippen molar-refractivity contribution >= 4 is 9.84 Å². The minimum atomic E-state index is -3.32. The molecule has 1 aliphatic heterocycles. The van der Waals surface area contributed by atoms with Gasteiger partial charge in [0.1, 0.15) is 0 Å². The second-order valence-corrected chi connectivity index (χ2v) is 8.59. The van der Waals surface area contributed by atoms with Crippen LogP contribution >= 0.6 is 0 Å². The Morgan fingerprint density at radius 1 is 1.04 bits per heavy atom. The van der Waals surface area contributed by atoms with Crippen LogP contribution in [0.15, 0.2) is 41.3 Å². The van der Waals surface area contributed by atoms with Gasteiger partial charge >= 0.3 is 0 Å². The third-order valence-electron chi connectivity index (χ3n) is 4.54. The van der Waals surface area contributed by atoms with Crippen molar-refractivity contribution in [3.05, 3.63) is 48.0 Å². The summed E-state index contributed by atoms with van der Waals surface area (Å²) in [4.78, 5) is 0.157. The van der Waals surface area contributed by atoms with Crippen LogP contribution in [0.5, 0.6) is 5.75 Å². The predicted octanol–water partition coefficient (Wildman–Crippen LogP) is 3.41. The second-order valence-electron chi connectivity index (χ2n) is 6.57. The summed E-state index contributed by atoms with van der Waals surface area (Å²) in [6.45, 7) is 2.07. The van der Waals surface area contributed by atoms with Crippen LogP contribution in [-0.4, -0.2) is 34.4 Å². The Morgan fingerprint density at radius 3 is 2.15 bits per heavy atom. The van der Waals surface area contributed by atoms with E-state index in [0.717, 1.165) is 32.2 Å². The van der Waals surface area contributed by atoms with Crippen LogP contribution in [0.3, 0.4) is 0 Å². The molecule has 0 atom stereocenters. The quantitative estimate of drug-likeness (QED) is 0.862. The summed E-state index contributed by atoms with van der Waals surface area (Å²) >= 11 is 0. The van der Waals surface area contributed by atoms with Gasteiger partial charge in [0.2, 0.25) is 0 Å². The van der Waals surface area contributed by atoms with Gasteiger partial charge in [-0.05, 0) is 67.2 Å². The molecule has 1 heterocycles. The highest BCUT2D eigenvalue weighted by atomic mass is 32.2. The molecule has 4 nitrogen and oxygen atoms in total. The van der Waals surface area contributed by atoms with E-state index >= 15 is 0 Å². The molecule has 1 aliphatic rings. The number of ether oxygens (including phenoxy) is 1. The van der Waals surface area contributed by atoms with Crippen molar-refractivity contribution in [3.63, 3.8) is 0 Å². The van der Waals surface area contributed by atoms with Crippen LogP contribution < -0.4 is 10.1 Å². The molecule has 1 N–H and O–H groups in total. The van der Waals surface area contributed by atoms with Gasteiger partial charge in [-0.1, -0.05) is 12.1 Å². The highest BCUT2D eigenvalue weighted by Crippen LogP contribution is 2.30. The van der Waals surface area contributed by atoms with Crippen LogP contribution in [-0.2, 0) is 9.84 Å². The van der Waals surface area contributed by atoms with Crippen LogP contribution in [0, 0.1) is 17.6 Å². The summed E-state index contributed by atoms with van der Waals surface area (Å²) in [5, 5.41) is 3.23. The van der Waals surface area contributed by atoms with Crippen molar-refractivity contribution in [1.82, 2.24) is 5.32 Å². The Bertz CT molecular complexity index is 853. The van der Waals surface area contributed by atoms with Gasteiger partial charge in [0, 0.05) is 6.26 Å². The molecule has 0 radical (unpaired) electrons. The van der Waals surface area contributed by atoms with E-state index in [1.165, 1.54) is 36.4 Å². The van der Waals surface area contributed by atoms with Gasteiger partial charge in [0.05, 0.1) is 11.5 Å². The SMILES string of the molecule is CS(=O)(=O)c1ccc(-c2cc(F)c(OCC3CCNCC3)c(F)c2)cc1. The lowest BCUT2D eigenvalue weighted by Gasteiger charge is -2.23. The predicted molar refractivity (Wildman–Crippen MR) is 96.0 cm³/mol. The Kier molecular flexibility index (Phi) is 5.58. The Morgan fingerprint density at radius 2 is 1.62 bits per heavy atom. The number of benzene rings is 2. The molecule has 0 aliphatic carbocycles. The van der Waals surface area contributed by atoms with E-state index in [0.29, 0.717) is 17.0 Å². The fourth-order valence-corrected chi connectivity index (χ4v) is 3.64. The minimum Gasteiger partial charge on any atom is -0.487 e. The highest BCUT2D eigenvalue weighted by Gasteiger charge is 2.18. The number of rotatable bonds is 5. The maximum atomic E-state index is 14.3. The lowest BCUT2D eigenvalue weighted by molar-refractivity contribution is 0.201. The van der Waals surface area contributed by atoms with E-state index in [1.54, 1.807) is 0 Å². The molecule has 0 unspecified atom stereocenters. The summed E-state index contributed by atoms with van der Waals surface area (Å²) < 4.78 is 57.1. The molecule has 0 saturated carbocycles. The number of hydrogen-bond acceptors (Lipinski definition) is 4. The largest absolute Gasteiger partial charge is 0.487 e. The average Bonchev–Trinajstić information content (AvgIpc) is 2.61. The average molecular weight is 381 g/mol. The lowest BCUT2D eigenvalue weighted by Crippen LogP contribution is -2.30. The highest BCUT2D eigenvalue weighted by molar-refractivity contribution is 7.90. The van der Waals surface area contributed by atoms with Crippen LogP contribution in [0.4, 0.5) is 8.78 Å². The van der Waals surface area contributed by atoms with E-state index in [-0.39, 0.29) is 17.3 Å². The van der Waals surface area contributed by atoms with Gasteiger partial charge in [-0.15, -0.1) is 0 Å². The number of sulfone groups is 1. The van der Waals surface area contributed by atoms with Crippen LogP contribution in [0.2, 0.25) is 0 Å². The van der Waals surface area contributed by atoms with E-state index in [2.05, 4.69) is 5.32 Å². The fraction of sp³-hybridized carbons (Fsp3) is 0.368. The molecule has 1 saturated heterocycles. The van der Waals surface area contributed by atoms with Crippen molar-refractivity contribution in [1.29, 1.82) is 0 Å². The summed E-state index contributed by atoms with van der Waals surface area (Å²) in [6.07, 6.45) is 2.96. The number of halogens is 2. The zero-order valence-corrected chi connectivity index (χ0v) is 15.3. The van der Waals surface area contributed by atoms with Gasteiger partial charge in [-0.2, -0.15) is 0 Å². The van der Waals surface area contributed by atoms with Gasteiger partial charge in [0.25, 0.3) is 0 Å². The topological polar surface area (TPSA) is 55.4 Å². The van der Waals surface area contributed by atoms with Crippen molar-refractivity contribution in [3.8, 4) is 16.9 Å². The smallest absolute Gasteiger partial charge is 0.190 e. The van der Waals surface area contributed by atoms with Crippen molar-refractivity contribution in [2.75, 3.05) is 26.0 Å². The molecule has 3 rings (SSSR count). The number of piperidine rings is 1. The van der Waals surface area contributed by atoms with Gasteiger partial charge in [-0.3, -0.25) is 0 Å². The molecule has 26 heavy (non-hydrogen) atoms. The molecule has 0 aromatic heterocycles. The van der Waals surface area contributed by atoms with Crippen molar-refractivity contribution < 1.29 is 21.9 Å². The molecular formula is C19H21F2NO3S. The maximum Gasteiger partial charge on any atom is 0.190 e. The number of hydrogen-bond donors (Lipinski definition) is 1. The van der Waals surface area contributed by atoms with E-state index in [9.17, 15) is 17.2 Å². The maximum absolute atomic E-state index is 14.3. The van der Waals surface area contributed by atoms with Gasteiger partial charge in [0.15, 0.2) is 27.2 Å². The Balaban J connectivity index is 1.78. The number of nitrogens with one attached hydrogen (secondary N) is 1. The molecule has 0 amide bonds. The zero-order chi connectivity index (χ0) is 18.7. The molecule has 2 aromatic carbocycles. The summed E-state index contributed by atoms with van der Waals surface area (Å²) in [7, 11) is -3.32. The fourth-order valence-electron chi connectivity index (χ4n) is 3.01. The molecule has 2 aromatic rings.